The molecule has 0 N–H and O–H groups in total. The minimum Gasteiger partial charge on any atom is -0.500 e. The fraction of sp³-hybridized carbons (Fsp3) is 0.349. The smallest absolute Gasteiger partial charge is 0.295 e. The Labute approximate surface area is 635 Å². The Hall–Kier alpha value is -11.1. The molecule has 4 aliphatic carbocycles. The fourth-order valence-corrected chi connectivity index (χ4v) is 15.9. The zero-order valence-corrected chi connectivity index (χ0v) is 63.9. The molecule has 5 heterocycles. The second-order valence-electron chi connectivity index (χ2n) is 27.8. The largest absolute Gasteiger partial charge is 0.500 e. The van der Waals surface area contributed by atoms with Crippen molar-refractivity contribution in [1.82, 2.24) is 29.5 Å². The van der Waals surface area contributed by atoms with Crippen molar-refractivity contribution in [3.05, 3.63) is 269 Å². The van der Waals surface area contributed by atoms with Gasteiger partial charge in [-0.3, -0.25) is 44.6 Å². The Balaban J connectivity index is 0.000000136. The predicted molar refractivity (Wildman–Crippen MR) is 431 cm³/mol. The first-order valence-electron chi connectivity index (χ1n) is 37.3. The van der Waals surface area contributed by atoms with E-state index in [1.807, 2.05) is 128 Å². The molecule has 2 aliphatic heterocycles. The number of aliphatic imine (C=N–C) groups is 2. The summed E-state index contributed by atoms with van der Waals surface area (Å²) in [5.74, 6) is 2.53. The third kappa shape index (κ3) is 19.2. The van der Waals surface area contributed by atoms with E-state index in [2.05, 4.69) is 74.7 Å². The molecule has 108 heavy (non-hydrogen) atoms. The lowest BCUT2D eigenvalue weighted by Gasteiger charge is -2.23. The number of nitro benzene ring substituents is 1. The molecular formula is C86H95N12O9S+. The van der Waals surface area contributed by atoms with Crippen LogP contribution in [0.1, 0.15) is 145 Å². The first kappa shape index (κ1) is 78.0. The van der Waals surface area contributed by atoms with E-state index in [0.717, 1.165) is 125 Å². The summed E-state index contributed by atoms with van der Waals surface area (Å²) in [4.78, 5) is 79.9. The summed E-state index contributed by atoms with van der Waals surface area (Å²) >= 11 is 1.86. The van der Waals surface area contributed by atoms with Crippen LogP contribution in [0.3, 0.4) is 0 Å². The van der Waals surface area contributed by atoms with Gasteiger partial charge in [-0.2, -0.15) is 14.9 Å². The van der Waals surface area contributed by atoms with Crippen molar-refractivity contribution in [3.63, 3.8) is 0 Å². The van der Waals surface area contributed by atoms with Crippen molar-refractivity contribution in [1.29, 1.82) is 0 Å². The fourth-order valence-electron chi connectivity index (χ4n) is 14.4. The lowest BCUT2D eigenvalue weighted by Crippen LogP contribution is -2.36. The predicted octanol–water partition coefficient (Wildman–Crippen LogP) is 17.1. The topological polar surface area (TPSA) is 248 Å². The number of ether oxygens (including phenoxy) is 2. The minimum atomic E-state index is -0.848. The molecular weight excluding hydrogens is 1380 g/mol. The number of hydrogen-bond donors (Lipinski definition) is 0. The number of likely N-dealkylation sites (N-methyl/N-ethyl adjacent to an activating group) is 1. The molecule has 6 aromatic carbocycles. The number of methoxy groups -OCH3 is 2. The highest BCUT2D eigenvalue weighted by Crippen LogP contribution is 2.39. The number of thioether (sulfide) groups is 1. The van der Waals surface area contributed by atoms with Crippen LogP contribution in [0, 0.1) is 54.8 Å². The number of anilines is 1. The molecule has 22 heteroatoms. The van der Waals surface area contributed by atoms with Crippen LogP contribution in [-0.4, -0.2) is 136 Å². The van der Waals surface area contributed by atoms with Gasteiger partial charge < -0.3 is 14.4 Å². The van der Waals surface area contributed by atoms with Crippen molar-refractivity contribution in [2.75, 3.05) is 38.8 Å². The van der Waals surface area contributed by atoms with Gasteiger partial charge in [0.1, 0.15) is 23.2 Å². The number of fused-ring (bicyclic) bond motifs is 3. The van der Waals surface area contributed by atoms with E-state index in [1.165, 1.54) is 79.3 Å². The number of Topliss-reactive ketones (excluding diaryl/α,β-unsaturated/α-hetero) is 1. The number of allylic oxidation sites excluding steroid dienone is 4. The summed E-state index contributed by atoms with van der Waals surface area (Å²) in [6.45, 7) is 17.1. The van der Waals surface area contributed by atoms with Crippen molar-refractivity contribution in [2.45, 2.75) is 161 Å². The first-order chi connectivity index (χ1) is 52.3. The van der Waals surface area contributed by atoms with Gasteiger partial charge in [-0.15, -0.1) is 0 Å². The van der Waals surface area contributed by atoms with Crippen LogP contribution in [0.5, 0.6) is 0 Å². The van der Waals surface area contributed by atoms with Gasteiger partial charge in [-0.25, -0.2) is 19.2 Å². The van der Waals surface area contributed by atoms with E-state index < -0.39 is 11.0 Å². The number of aromatic nitrogens is 6. The van der Waals surface area contributed by atoms with Crippen LogP contribution in [0.4, 0.5) is 11.4 Å². The average Bonchev–Trinajstić information content (AvgIpc) is 0.919. The molecule has 3 fully saturated rings. The number of aryl methyl sites for hydroxylation is 5. The van der Waals surface area contributed by atoms with E-state index in [1.54, 1.807) is 69.7 Å². The average molecular weight is 1470 g/mol. The van der Waals surface area contributed by atoms with E-state index in [9.17, 15) is 34.6 Å². The number of carbonyl (C=O) groups excluding carboxylic acids is 2. The quantitative estimate of drug-likeness (QED) is 0.0377. The van der Waals surface area contributed by atoms with Gasteiger partial charge in [-0.05, 0) is 152 Å². The van der Waals surface area contributed by atoms with Gasteiger partial charge >= 0.3 is 0 Å². The SMILES string of the molecule is CC[N+]1=C(C)SC2C(OC)=CC=C(OC)C21.Cc1cc(C)n(-c2nc(-c3ccccc3)cc(-c3ccccc3C)n2)n1.Cc1ccc(CC2=CC(=O)c3ccccc3C2=O)cc1.Cc1nn(-c2cc(N3CCCC3)ccc2[N+](=O)[O-])c(=O)c2ccccc12.O=[N+]([O-])C(C=NC1CCCCC1)C=NC1CCCCC1. The molecule has 15 rings (SSSR count). The number of benzene rings is 6. The van der Waals surface area contributed by atoms with E-state index in [4.69, 9.17) is 19.4 Å². The molecule has 9 aromatic rings. The Bertz CT molecular complexity index is 4960. The summed E-state index contributed by atoms with van der Waals surface area (Å²) in [5, 5.41) is 34.5. The standard InChI is InChI=1S/C22H20N4.C19H18N4O3.C18H14O2.C15H25N3O2.C12H18NO2S/c1-15-9-7-8-12-19(15)21-14-20(18-10-5-4-6-11-18)23-22(24-21)26-17(3)13-16(2)25-26;1-13-15-6-2-3-7-16(15)19(24)22(20-13)18-12-14(21-10-4-5-11-21)8-9-17(18)23(25)26;1-12-6-8-13(9-7-12)10-14-11-17(19)15-4-2-3-5-16(15)18(14)20;19-18(20)15(11-16-13-7-3-1-4-8-13)12-17-14-9-5-2-6-10-14;1-5-13-8(2)16-12-10(15-4)7-6-9(14-3)11(12)13/h4-14H,1-3H3;2-3,6-9,12H,4-5,10-11H2,1H3;2-9,11H,10H2,1H3;11-15H,1-10H2;6-7,11-12H,5H2,1-4H3/q;;;;+1. The summed E-state index contributed by atoms with van der Waals surface area (Å²) in [6, 6.07) is 49.6. The number of carbonyl (C=O) groups is 2. The van der Waals surface area contributed by atoms with Gasteiger partial charge in [0.05, 0.1) is 59.7 Å². The number of ketones is 2. The van der Waals surface area contributed by atoms with Crippen LogP contribution in [0.2, 0.25) is 0 Å². The van der Waals surface area contributed by atoms with Gasteiger partial charge in [-0.1, -0.05) is 165 Å². The Morgan fingerprint density at radius 3 is 1.82 bits per heavy atom. The van der Waals surface area contributed by atoms with Crippen molar-refractivity contribution in [2.24, 2.45) is 9.98 Å². The summed E-state index contributed by atoms with van der Waals surface area (Å²) in [7, 11) is 3.47. The minimum absolute atomic E-state index is 0.0409. The number of rotatable bonds is 16. The summed E-state index contributed by atoms with van der Waals surface area (Å²) in [5.41, 5.74) is 12.2. The third-order valence-electron chi connectivity index (χ3n) is 20.2. The third-order valence-corrected chi connectivity index (χ3v) is 21.5. The van der Waals surface area contributed by atoms with Gasteiger partial charge in [0.15, 0.2) is 17.3 Å². The Morgan fingerprint density at radius 2 is 1.22 bits per heavy atom. The lowest BCUT2D eigenvalue weighted by atomic mass is 9.87. The zero-order valence-electron chi connectivity index (χ0n) is 63.0. The highest BCUT2D eigenvalue weighted by Gasteiger charge is 2.48. The molecule has 3 aromatic heterocycles. The molecule has 2 saturated carbocycles. The number of nitrogens with zero attached hydrogens (tertiary/aromatic N) is 12. The summed E-state index contributed by atoms with van der Waals surface area (Å²) in [6.07, 6.45) is 22.8. The van der Waals surface area contributed by atoms with Gasteiger partial charge in [0, 0.05) is 94.1 Å². The molecule has 0 spiro atoms. The van der Waals surface area contributed by atoms with E-state index in [-0.39, 0.29) is 45.5 Å². The molecule has 2 unspecified atom stereocenters. The van der Waals surface area contributed by atoms with Crippen molar-refractivity contribution in [3.8, 4) is 34.2 Å². The number of hydrogen-bond acceptors (Lipinski definition) is 17. The van der Waals surface area contributed by atoms with Gasteiger partial charge in [0.2, 0.25) is 11.1 Å². The normalized spacial score (nSPS) is 17.3. The van der Waals surface area contributed by atoms with Crippen LogP contribution in [-0.2, 0) is 15.9 Å². The monoisotopic (exact) mass is 1470 g/mol. The molecule has 21 nitrogen and oxygen atoms in total. The van der Waals surface area contributed by atoms with Crippen LogP contribution >= 0.6 is 11.8 Å². The maximum atomic E-state index is 13.0. The van der Waals surface area contributed by atoms with Crippen molar-refractivity contribution >= 4 is 62.9 Å². The van der Waals surface area contributed by atoms with E-state index in [0.29, 0.717) is 51.4 Å². The van der Waals surface area contributed by atoms with Crippen LogP contribution in [0.15, 0.2) is 208 Å². The highest BCUT2D eigenvalue weighted by atomic mass is 32.2. The maximum Gasteiger partial charge on any atom is 0.295 e. The number of nitro groups is 2. The van der Waals surface area contributed by atoms with Crippen molar-refractivity contribution < 1.29 is 33.5 Å². The molecule has 1 saturated heterocycles. The summed E-state index contributed by atoms with van der Waals surface area (Å²) < 4.78 is 16.3. The molecule has 6 aliphatic rings. The van der Waals surface area contributed by atoms with Crippen LogP contribution < -0.4 is 10.5 Å². The molecule has 0 radical (unpaired) electrons. The van der Waals surface area contributed by atoms with E-state index >= 15 is 0 Å². The van der Waals surface area contributed by atoms with Gasteiger partial charge in [0.25, 0.3) is 23.2 Å². The molecule has 558 valence electrons. The molecule has 0 bridgehead atoms. The lowest BCUT2D eigenvalue weighted by molar-refractivity contribution is -0.551. The Kier molecular flexibility index (Phi) is 26.7. The molecule has 0 amide bonds. The molecule has 2 atom stereocenters. The highest BCUT2D eigenvalue weighted by molar-refractivity contribution is 8.14. The van der Waals surface area contributed by atoms with Crippen LogP contribution in [0.25, 0.3) is 44.9 Å². The second kappa shape index (κ2) is 36.9. The maximum absolute atomic E-state index is 13.0. The Morgan fingerprint density at radius 1 is 0.630 bits per heavy atom. The zero-order chi connectivity index (χ0) is 76.4. The first-order valence-corrected chi connectivity index (χ1v) is 38.2. The second-order valence-corrected chi connectivity index (χ2v) is 29.1.